The van der Waals surface area contributed by atoms with Gasteiger partial charge in [-0.05, 0) is 44.7 Å². The van der Waals surface area contributed by atoms with Crippen molar-refractivity contribution >= 4 is 0 Å². The van der Waals surface area contributed by atoms with Crippen LogP contribution in [0.15, 0.2) is 23.9 Å². The first-order valence-corrected chi connectivity index (χ1v) is 6.30. The highest BCUT2D eigenvalue weighted by Gasteiger charge is 2.29. The number of rotatable bonds is 4. The predicted octanol–water partition coefficient (Wildman–Crippen LogP) is 2.37. The number of nitrogens with two attached hydrogens (primary N) is 1. The highest BCUT2D eigenvalue weighted by Crippen LogP contribution is 2.41. The van der Waals surface area contributed by atoms with Gasteiger partial charge in [0.15, 0.2) is 0 Å². The van der Waals surface area contributed by atoms with Crippen molar-refractivity contribution in [3.63, 3.8) is 0 Å². The van der Waals surface area contributed by atoms with E-state index in [-0.39, 0.29) is 0 Å². The van der Waals surface area contributed by atoms with E-state index in [2.05, 4.69) is 28.1 Å². The molecule has 3 rings (SSSR count). The van der Waals surface area contributed by atoms with Crippen molar-refractivity contribution in [2.45, 2.75) is 44.1 Å². The van der Waals surface area contributed by atoms with Crippen molar-refractivity contribution in [1.29, 1.82) is 0 Å². The van der Waals surface area contributed by atoms with Crippen LogP contribution in [0.1, 0.15) is 49.8 Å². The Kier molecular flexibility index (Phi) is 2.56. The molecule has 2 fully saturated rings. The lowest BCUT2D eigenvalue weighted by atomic mass is 9.86. The summed E-state index contributed by atoms with van der Waals surface area (Å²) in [7, 11) is 0. The number of hydrogen-bond donors (Lipinski definition) is 1. The molecule has 1 heterocycles. The van der Waals surface area contributed by atoms with Crippen LogP contribution in [0.5, 0.6) is 0 Å². The second-order valence-electron chi connectivity index (χ2n) is 5.00. The zero-order chi connectivity index (χ0) is 11.0. The SMILES string of the molecule is NCCC=C1CC(n2ccc(C3CC3)n2)C1. The molecule has 0 aliphatic heterocycles. The summed E-state index contributed by atoms with van der Waals surface area (Å²) in [4.78, 5) is 0. The molecule has 1 aromatic heterocycles. The third-order valence-electron chi connectivity index (χ3n) is 3.59. The summed E-state index contributed by atoms with van der Waals surface area (Å²) in [6.07, 6.45) is 10.5. The van der Waals surface area contributed by atoms with Gasteiger partial charge in [0.1, 0.15) is 0 Å². The van der Waals surface area contributed by atoms with Gasteiger partial charge in [0.25, 0.3) is 0 Å². The third-order valence-corrected chi connectivity index (χ3v) is 3.59. The van der Waals surface area contributed by atoms with Crippen molar-refractivity contribution in [3.05, 3.63) is 29.6 Å². The van der Waals surface area contributed by atoms with Gasteiger partial charge >= 0.3 is 0 Å². The van der Waals surface area contributed by atoms with E-state index in [4.69, 9.17) is 5.73 Å². The Bertz CT molecular complexity index is 393. The van der Waals surface area contributed by atoms with Crippen LogP contribution in [0.25, 0.3) is 0 Å². The fourth-order valence-corrected chi connectivity index (χ4v) is 2.34. The molecular weight excluding hydrogens is 198 g/mol. The van der Waals surface area contributed by atoms with E-state index in [1.54, 1.807) is 5.57 Å². The van der Waals surface area contributed by atoms with Crippen molar-refractivity contribution in [3.8, 4) is 0 Å². The minimum atomic E-state index is 0.608. The summed E-state index contributed by atoms with van der Waals surface area (Å²) in [5, 5.41) is 4.67. The molecule has 3 heteroatoms. The monoisotopic (exact) mass is 217 g/mol. The van der Waals surface area contributed by atoms with Gasteiger partial charge in [0.2, 0.25) is 0 Å². The van der Waals surface area contributed by atoms with Gasteiger partial charge in [0, 0.05) is 12.1 Å². The van der Waals surface area contributed by atoms with Crippen LogP contribution in [0.4, 0.5) is 0 Å². The lowest BCUT2D eigenvalue weighted by molar-refractivity contribution is 0.368. The van der Waals surface area contributed by atoms with Crippen LogP contribution in [0.3, 0.4) is 0 Å². The van der Waals surface area contributed by atoms with E-state index in [9.17, 15) is 0 Å². The second-order valence-corrected chi connectivity index (χ2v) is 5.00. The van der Waals surface area contributed by atoms with Gasteiger partial charge in [-0.15, -0.1) is 0 Å². The fraction of sp³-hybridized carbons (Fsp3) is 0.615. The van der Waals surface area contributed by atoms with E-state index in [1.807, 2.05) is 0 Å². The molecule has 3 nitrogen and oxygen atoms in total. The lowest BCUT2D eigenvalue weighted by Crippen LogP contribution is -2.20. The largest absolute Gasteiger partial charge is 0.330 e. The molecule has 86 valence electrons. The first kappa shape index (κ1) is 10.1. The van der Waals surface area contributed by atoms with E-state index in [0.717, 1.165) is 18.9 Å². The molecule has 0 saturated heterocycles. The van der Waals surface area contributed by atoms with Crippen LogP contribution < -0.4 is 5.73 Å². The van der Waals surface area contributed by atoms with Gasteiger partial charge in [-0.3, -0.25) is 4.68 Å². The fourth-order valence-electron chi connectivity index (χ4n) is 2.34. The molecule has 1 aromatic rings. The highest BCUT2D eigenvalue weighted by atomic mass is 15.3. The second kappa shape index (κ2) is 4.06. The summed E-state index contributed by atoms with van der Waals surface area (Å²) in [6, 6.07) is 2.80. The maximum atomic E-state index is 5.48. The minimum Gasteiger partial charge on any atom is -0.330 e. The number of nitrogens with zero attached hydrogens (tertiary/aromatic N) is 2. The van der Waals surface area contributed by atoms with Crippen molar-refractivity contribution in [1.82, 2.24) is 9.78 Å². The summed E-state index contributed by atoms with van der Waals surface area (Å²) in [6.45, 7) is 0.766. The molecule has 0 aromatic carbocycles. The first-order chi connectivity index (χ1) is 7.86. The summed E-state index contributed by atoms with van der Waals surface area (Å²) in [5.41, 5.74) is 8.34. The van der Waals surface area contributed by atoms with E-state index >= 15 is 0 Å². The average Bonchev–Trinajstić information content (AvgIpc) is 2.97. The van der Waals surface area contributed by atoms with Crippen molar-refractivity contribution in [2.75, 3.05) is 6.54 Å². The summed E-state index contributed by atoms with van der Waals surface area (Å²) < 4.78 is 2.16. The maximum absolute atomic E-state index is 5.48. The number of aromatic nitrogens is 2. The molecule has 2 aliphatic rings. The Labute approximate surface area is 96.3 Å². The Morgan fingerprint density at radius 3 is 2.94 bits per heavy atom. The molecule has 0 spiro atoms. The summed E-state index contributed by atoms with van der Waals surface area (Å²) in [5.74, 6) is 0.772. The molecule has 16 heavy (non-hydrogen) atoms. The molecule has 2 N–H and O–H groups in total. The maximum Gasteiger partial charge on any atom is 0.0655 e. The minimum absolute atomic E-state index is 0.608. The van der Waals surface area contributed by atoms with Crippen LogP contribution in [-0.4, -0.2) is 16.3 Å². The normalized spacial score (nSPS) is 24.3. The van der Waals surface area contributed by atoms with Crippen LogP contribution >= 0.6 is 0 Å². The first-order valence-electron chi connectivity index (χ1n) is 6.30. The van der Waals surface area contributed by atoms with E-state index in [0.29, 0.717) is 6.04 Å². The molecular formula is C13H19N3. The highest BCUT2D eigenvalue weighted by molar-refractivity contribution is 5.17. The lowest BCUT2D eigenvalue weighted by Gasteiger charge is -2.29. The molecule has 0 bridgehead atoms. The van der Waals surface area contributed by atoms with Crippen molar-refractivity contribution < 1.29 is 0 Å². The van der Waals surface area contributed by atoms with Gasteiger partial charge in [-0.25, -0.2) is 0 Å². The van der Waals surface area contributed by atoms with Crippen LogP contribution in [0, 0.1) is 0 Å². The molecule has 2 saturated carbocycles. The van der Waals surface area contributed by atoms with Gasteiger partial charge in [-0.1, -0.05) is 11.6 Å². The van der Waals surface area contributed by atoms with Gasteiger partial charge in [0.05, 0.1) is 11.7 Å². The molecule has 0 unspecified atom stereocenters. The quantitative estimate of drug-likeness (QED) is 0.787. The molecule has 0 atom stereocenters. The van der Waals surface area contributed by atoms with Crippen molar-refractivity contribution in [2.24, 2.45) is 5.73 Å². The average molecular weight is 217 g/mol. The predicted molar refractivity (Wildman–Crippen MR) is 64.2 cm³/mol. The zero-order valence-electron chi connectivity index (χ0n) is 9.60. The molecule has 0 radical (unpaired) electrons. The zero-order valence-corrected chi connectivity index (χ0v) is 9.60. The van der Waals surface area contributed by atoms with E-state index < -0.39 is 0 Å². The Balaban J connectivity index is 1.58. The third kappa shape index (κ3) is 1.92. The van der Waals surface area contributed by atoms with Gasteiger partial charge in [-0.2, -0.15) is 5.10 Å². The summed E-state index contributed by atoms with van der Waals surface area (Å²) >= 11 is 0. The molecule has 2 aliphatic carbocycles. The van der Waals surface area contributed by atoms with Crippen LogP contribution in [0.2, 0.25) is 0 Å². The van der Waals surface area contributed by atoms with E-state index in [1.165, 1.54) is 31.4 Å². The standard InChI is InChI=1S/C13H19N3/c14-6-1-2-10-8-12(9-10)16-7-5-13(15-16)11-3-4-11/h2,5,7,11-12H,1,3-4,6,8-9,14H2. The van der Waals surface area contributed by atoms with Gasteiger partial charge < -0.3 is 5.73 Å². The van der Waals surface area contributed by atoms with Crippen LogP contribution in [-0.2, 0) is 0 Å². The Morgan fingerprint density at radius 1 is 1.44 bits per heavy atom. The number of hydrogen-bond acceptors (Lipinski definition) is 2. The number of allylic oxidation sites excluding steroid dienone is 1. The smallest absolute Gasteiger partial charge is 0.0655 e. The molecule has 0 amide bonds. The Hall–Kier alpha value is -1.09. The Morgan fingerprint density at radius 2 is 2.25 bits per heavy atom. The topological polar surface area (TPSA) is 43.8 Å².